The Labute approximate surface area is 167 Å². The van der Waals surface area contributed by atoms with E-state index in [1.807, 2.05) is 6.07 Å². The zero-order valence-corrected chi connectivity index (χ0v) is 16.9. The van der Waals surface area contributed by atoms with Gasteiger partial charge in [0.25, 0.3) is 0 Å². The van der Waals surface area contributed by atoms with Crippen molar-refractivity contribution in [2.45, 2.75) is 19.4 Å². The Balaban J connectivity index is 1.53. The van der Waals surface area contributed by atoms with Crippen molar-refractivity contribution in [1.82, 2.24) is 10.6 Å². The van der Waals surface area contributed by atoms with E-state index >= 15 is 0 Å². The molecule has 1 fully saturated rings. The maximum Gasteiger partial charge on any atom is 0.167 e. The van der Waals surface area contributed by atoms with Crippen molar-refractivity contribution in [1.29, 1.82) is 0 Å². The summed E-state index contributed by atoms with van der Waals surface area (Å²) < 4.78 is 5.41. The standard InChI is InChI=1S/C22H29N3OS/c1-18-8-10-20(11-9-18)21(19-6-3-2-4-7-19)24-22(27)23-12-5-13-25-14-16-26-17-15-25/h2-4,6-11,21H,5,12-17H2,1H3,(H2,23,24,27)/p+1/t21-/m0/s1. The fourth-order valence-electron chi connectivity index (χ4n) is 3.40. The quantitative estimate of drug-likeness (QED) is 0.503. The topological polar surface area (TPSA) is 37.7 Å². The van der Waals surface area contributed by atoms with E-state index in [9.17, 15) is 0 Å². The first-order chi connectivity index (χ1) is 13.2. The number of benzene rings is 2. The molecule has 2 aromatic carbocycles. The number of morpholine rings is 1. The van der Waals surface area contributed by atoms with Gasteiger partial charge in [-0.15, -0.1) is 0 Å². The molecule has 144 valence electrons. The van der Waals surface area contributed by atoms with E-state index < -0.39 is 0 Å². The van der Waals surface area contributed by atoms with Gasteiger partial charge in [0, 0.05) is 13.0 Å². The van der Waals surface area contributed by atoms with Gasteiger partial charge in [0.1, 0.15) is 13.1 Å². The number of nitrogens with one attached hydrogen (secondary N) is 3. The number of rotatable bonds is 7. The Morgan fingerprint density at radius 1 is 1.04 bits per heavy atom. The van der Waals surface area contributed by atoms with Crippen LogP contribution in [0.2, 0.25) is 0 Å². The molecule has 0 aromatic heterocycles. The Kier molecular flexibility index (Phi) is 7.63. The number of aryl methyl sites for hydroxylation is 1. The fourth-order valence-corrected chi connectivity index (χ4v) is 3.62. The molecular weight excluding hydrogens is 354 g/mol. The van der Waals surface area contributed by atoms with Crippen molar-refractivity contribution >= 4 is 17.3 Å². The van der Waals surface area contributed by atoms with E-state index in [0.717, 1.165) is 39.3 Å². The van der Waals surface area contributed by atoms with Crippen molar-refractivity contribution in [2.24, 2.45) is 0 Å². The normalized spacial score (nSPS) is 15.9. The van der Waals surface area contributed by atoms with E-state index in [-0.39, 0.29) is 6.04 Å². The van der Waals surface area contributed by atoms with E-state index in [1.54, 1.807) is 4.90 Å². The van der Waals surface area contributed by atoms with Crippen LogP contribution in [0.25, 0.3) is 0 Å². The second kappa shape index (κ2) is 10.4. The highest BCUT2D eigenvalue weighted by Gasteiger charge is 2.16. The van der Waals surface area contributed by atoms with E-state index in [4.69, 9.17) is 17.0 Å². The third-order valence-corrected chi connectivity index (χ3v) is 5.27. The number of ether oxygens (including phenoxy) is 1. The molecule has 3 rings (SSSR count). The van der Waals surface area contributed by atoms with Crippen LogP contribution in [0.15, 0.2) is 54.6 Å². The molecule has 0 radical (unpaired) electrons. The highest BCUT2D eigenvalue weighted by molar-refractivity contribution is 7.80. The Morgan fingerprint density at radius 3 is 2.41 bits per heavy atom. The highest BCUT2D eigenvalue weighted by Crippen LogP contribution is 2.22. The van der Waals surface area contributed by atoms with Crippen LogP contribution < -0.4 is 15.5 Å². The second-order valence-electron chi connectivity index (χ2n) is 7.12. The largest absolute Gasteiger partial charge is 0.370 e. The van der Waals surface area contributed by atoms with E-state index in [0.29, 0.717) is 5.11 Å². The van der Waals surface area contributed by atoms with Crippen molar-refractivity contribution in [3.05, 3.63) is 71.3 Å². The smallest absolute Gasteiger partial charge is 0.167 e. The van der Waals surface area contributed by atoms with Gasteiger partial charge >= 0.3 is 0 Å². The molecule has 1 atom stereocenters. The average molecular weight is 385 g/mol. The number of quaternary nitrogens is 1. The van der Waals surface area contributed by atoms with Gasteiger partial charge in [0.2, 0.25) is 0 Å². The zero-order valence-electron chi connectivity index (χ0n) is 16.0. The first kappa shape index (κ1) is 19.8. The molecule has 0 spiro atoms. The van der Waals surface area contributed by atoms with Gasteiger partial charge in [0.15, 0.2) is 5.11 Å². The zero-order chi connectivity index (χ0) is 18.9. The lowest BCUT2D eigenvalue weighted by Gasteiger charge is -2.24. The van der Waals surface area contributed by atoms with Crippen LogP contribution in [0.3, 0.4) is 0 Å². The number of hydrogen-bond donors (Lipinski definition) is 3. The van der Waals surface area contributed by atoms with E-state index in [1.165, 1.54) is 23.2 Å². The minimum Gasteiger partial charge on any atom is -0.370 e. The van der Waals surface area contributed by atoms with Crippen LogP contribution in [0.5, 0.6) is 0 Å². The van der Waals surface area contributed by atoms with Gasteiger partial charge in [-0.1, -0.05) is 60.2 Å². The van der Waals surface area contributed by atoms with Crippen molar-refractivity contribution in [3.8, 4) is 0 Å². The SMILES string of the molecule is Cc1ccc([C@@H](NC(=S)NCCC[NH+]2CCOCC2)c2ccccc2)cc1. The molecule has 1 heterocycles. The van der Waals surface area contributed by atoms with Gasteiger partial charge < -0.3 is 20.3 Å². The maximum absolute atomic E-state index is 5.58. The van der Waals surface area contributed by atoms with Gasteiger partial charge in [-0.2, -0.15) is 0 Å². The molecule has 2 aromatic rings. The summed E-state index contributed by atoms with van der Waals surface area (Å²) in [6.45, 7) is 8.18. The third-order valence-electron chi connectivity index (χ3n) is 5.01. The Bertz CT molecular complexity index is 699. The molecule has 3 N–H and O–H groups in total. The lowest BCUT2D eigenvalue weighted by atomic mass is 9.98. The summed E-state index contributed by atoms with van der Waals surface area (Å²) in [7, 11) is 0. The van der Waals surface area contributed by atoms with E-state index in [2.05, 4.69) is 66.1 Å². The molecular formula is C22H30N3OS+. The molecule has 1 saturated heterocycles. The maximum atomic E-state index is 5.58. The van der Waals surface area contributed by atoms with Crippen LogP contribution in [-0.2, 0) is 4.74 Å². The van der Waals surface area contributed by atoms with Gasteiger partial charge in [-0.25, -0.2) is 0 Å². The van der Waals surface area contributed by atoms with Crippen LogP contribution in [-0.4, -0.2) is 44.5 Å². The van der Waals surface area contributed by atoms with Crippen LogP contribution in [0.4, 0.5) is 0 Å². The minimum atomic E-state index is 0.0525. The summed E-state index contributed by atoms with van der Waals surface area (Å²) in [5.74, 6) is 0. The van der Waals surface area contributed by atoms with Crippen LogP contribution >= 0.6 is 12.2 Å². The van der Waals surface area contributed by atoms with Crippen LogP contribution in [0, 0.1) is 6.92 Å². The summed E-state index contributed by atoms with van der Waals surface area (Å²) in [5.41, 5.74) is 3.69. The molecule has 0 saturated carbocycles. The van der Waals surface area contributed by atoms with Crippen molar-refractivity contribution in [3.63, 3.8) is 0 Å². The molecule has 0 amide bonds. The van der Waals surface area contributed by atoms with Crippen LogP contribution in [0.1, 0.15) is 29.2 Å². The molecule has 0 unspecified atom stereocenters. The molecule has 0 bridgehead atoms. The summed E-state index contributed by atoms with van der Waals surface area (Å²) >= 11 is 5.58. The molecule has 5 heteroatoms. The van der Waals surface area contributed by atoms with Crippen molar-refractivity contribution in [2.75, 3.05) is 39.4 Å². The Hall–Kier alpha value is -1.95. The third kappa shape index (κ3) is 6.31. The second-order valence-corrected chi connectivity index (χ2v) is 7.53. The lowest BCUT2D eigenvalue weighted by Crippen LogP contribution is -3.14. The summed E-state index contributed by atoms with van der Waals surface area (Å²) in [5, 5.41) is 7.59. The summed E-state index contributed by atoms with van der Waals surface area (Å²) in [4.78, 5) is 1.63. The monoisotopic (exact) mass is 384 g/mol. The van der Waals surface area contributed by atoms with Gasteiger partial charge in [0.05, 0.1) is 25.8 Å². The molecule has 1 aliphatic heterocycles. The molecule has 1 aliphatic rings. The predicted molar refractivity (Wildman–Crippen MR) is 114 cm³/mol. The van der Waals surface area contributed by atoms with Crippen molar-refractivity contribution < 1.29 is 9.64 Å². The number of thiocarbonyl (C=S) groups is 1. The van der Waals surface area contributed by atoms with Gasteiger partial charge in [-0.05, 0) is 30.3 Å². The summed E-state index contributed by atoms with van der Waals surface area (Å²) in [6.07, 6.45) is 1.11. The summed E-state index contributed by atoms with van der Waals surface area (Å²) in [6, 6.07) is 19.2. The van der Waals surface area contributed by atoms with Gasteiger partial charge in [-0.3, -0.25) is 0 Å². The predicted octanol–water partition coefficient (Wildman–Crippen LogP) is 1.85. The fraction of sp³-hybridized carbons (Fsp3) is 0.409. The lowest BCUT2D eigenvalue weighted by molar-refractivity contribution is -0.908. The molecule has 27 heavy (non-hydrogen) atoms. The minimum absolute atomic E-state index is 0.0525. The Morgan fingerprint density at radius 2 is 1.70 bits per heavy atom. The molecule has 4 nitrogen and oxygen atoms in total. The first-order valence-corrected chi connectivity index (χ1v) is 10.2. The first-order valence-electron chi connectivity index (χ1n) is 9.79. The highest BCUT2D eigenvalue weighted by atomic mass is 32.1. The average Bonchev–Trinajstić information content (AvgIpc) is 2.72. The number of hydrogen-bond acceptors (Lipinski definition) is 2. The molecule has 0 aliphatic carbocycles.